The van der Waals surface area contributed by atoms with E-state index < -0.39 is 5.97 Å². The monoisotopic (exact) mass is 432 g/mol. The highest BCUT2D eigenvalue weighted by Gasteiger charge is 2.13. The lowest BCUT2D eigenvalue weighted by atomic mass is 10.1. The van der Waals surface area contributed by atoms with Crippen LogP contribution in [0.4, 0.5) is 0 Å². The van der Waals surface area contributed by atoms with E-state index in [9.17, 15) is 4.79 Å². The van der Waals surface area contributed by atoms with Crippen LogP contribution in [0, 0.1) is 5.92 Å². The van der Waals surface area contributed by atoms with Crippen molar-refractivity contribution in [3.63, 3.8) is 0 Å². The van der Waals surface area contributed by atoms with E-state index in [1.165, 1.54) is 57.8 Å². The van der Waals surface area contributed by atoms with Crippen LogP contribution in [0.25, 0.3) is 6.08 Å². The number of carbonyl (C=O) groups is 1. The SMILES string of the molecule is CC=Cc1ccccc1OCC(CCC(=O)O)COCCCCCCCCCCCC. The van der Waals surface area contributed by atoms with Crippen molar-refractivity contribution in [3.05, 3.63) is 35.9 Å². The van der Waals surface area contributed by atoms with Gasteiger partial charge in [0.2, 0.25) is 0 Å². The Bertz CT molecular complexity index is 597. The van der Waals surface area contributed by atoms with E-state index in [0.717, 1.165) is 24.3 Å². The Labute approximate surface area is 190 Å². The van der Waals surface area contributed by atoms with Crippen LogP contribution in [0.5, 0.6) is 5.75 Å². The minimum atomic E-state index is -0.769. The van der Waals surface area contributed by atoms with E-state index >= 15 is 0 Å². The zero-order valence-electron chi connectivity index (χ0n) is 19.8. The molecule has 4 heteroatoms. The van der Waals surface area contributed by atoms with Gasteiger partial charge in [0, 0.05) is 24.5 Å². The molecule has 0 aromatic heterocycles. The second kappa shape index (κ2) is 18.9. The van der Waals surface area contributed by atoms with E-state index in [4.69, 9.17) is 14.6 Å². The van der Waals surface area contributed by atoms with Gasteiger partial charge < -0.3 is 14.6 Å². The summed E-state index contributed by atoms with van der Waals surface area (Å²) in [6.45, 7) is 6.01. The minimum absolute atomic E-state index is 0.0814. The minimum Gasteiger partial charge on any atom is -0.493 e. The Morgan fingerprint density at radius 1 is 0.968 bits per heavy atom. The normalized spacial score (nSPS) is 12.3. The van der Waals surface area contributed by atoms with Gasteiger partial charge >= 0.3 is 5.97 Å². The molecular weight excluding hydrogens is 388 g/mol. The molecular formula is C27H44O4. The summed E-state index contributed by atoms with van der Waals surface area (Å²) in [5.41, 5.74) is 1.04. The molecule has 0 radical (unpaired) electrons. The maximum atomic E-state index is 11.0. The molecule has 0 bridgehead atoms. The molecule has 0 fully saturated rings. The quantitative estimate of drug-likeness (QED) is 0.216. The fourth-order valence-corrected chi connectivity index (χ4v) is 3.62. The molecule has 1 aromatic carbocycles. The summed E-state index contributed by atoms with van der Waals surface area (Å²) in [6, 6.07) is 7.91. The molecule has 0 aliphatic carbocycles. The van der Waals surface area contributed by atoms with E-state index in [1.54, 1.807) is 0 Å². The first-order chi connectivity index (χ1) is 15.2. The number of benzene rings is 1. The molecule has 1 unspecified atom stereocenters. The first kappa shape index (κ1) is 27.2. The third kappa shape index (κ3) is 14.8. The third-order valence-corrected chi connectivity index (χ3v) is 5.50. The van der Waals surface area contributed by atoms with Gasteiger partial charge in [-0.25, -0.2) is 0 Å². The van der Waals surface area contributed by atoms with Crippen LogP contribution in [0.15, 0.2) is 30.3 Å². The smallest absolute Gasteiger partial charge is 0.303 e. The van der Waals surface area contributed by atoms with Crippen LogP contribution >= 0.6 is 0 Å². The zero-order chi connectivity index (χ0) is 22.6. The molecule has 0 heterocycles. The number of unbranched alkanes of at least 4 members (excludes halogenated alkanes) is 9. The molecule has 1 N–H and O–H groups in total. The predicted octanol–water partition coefficient (Wildman–Crippen LogP) is 7.52. The summed E-state index contributed by atoms with van der Waals surface area (Å²) in [5, 5.41) is 9.04. The van der Waals surface area contributed by atoms with Crippen LogP contribution in [0.1, 0.15) is 96.5 Å². The van der Waals surface area contributed by atoms with E-state index in [-0.39, 0.29) is 12.3 Å². The van der Waals surface area contributed by atoms with Crippen molar-refractivity contribution in [1.29, 1.82) is 0 Å². The van der Waals surface area contributed by atoms with Gasteiger partial charge in [-0.2, -0.15) is 0 Å². The zero-order valence-corrected chi connectivity index (χ0v) is 19.8. The largest absolute Gasteiger partial charge is 0.493 e. The Kier molecular flexibility index (Phi) is 16.6. The van der Waals surface area contributed by atoms with Gasteiger partial charge in [-0.05, 0) is 25.8 Å². The van der Waals surface area contributed by atoms with Crippen LogP contribution in [-0.2, 0) is 9.53 Å². The number of aliphatic carboxylic acids is 1. The molecule has 1 aromatic rings. The second-order valence-corrected chi connectivity index (χ2v) is 8.40. The highest BCUT2D eigenvalue weighted by Crippen LogP contribution is 2.21. The van der Waals surface area contributed by atoms with Gasteiger partial charge in [0.05, 0.1) is 13.2 Å². The number of para-hydroxylation sites is 1. The van der Waals surface area contributed by atoms with Crippen molar-refractivity contribution in [2.45, 2.75) is 90.9 Å². The number of carboxylic acid groups (broad SMARTS) is 1. The number of carboxylic acids is 1. The van der Waals surface area contributed by atoms with Crippen LogP contribution < -0.4 is 4.74 Å². The predicted molar refractivity (Wildman–Crippen MR) is 130 cm³/mol. The molecule has 1 rings (SSSR count). The van der Waals surface area contributed by atoms with Gasteiger partial charge in [0.15, 0.2) is 0 Å². The summed E-state index contributed by atoms with van der Waals surface area (Å²) < 4.78 is 11.9. The van der Waals surface area contributed by atoms with E-state index in [2.05, 4.69) is 6.92 Å². The van der Waals surface area contributed by atoms with Crippen molar-refractivity contribution in [2.75, 3.05) is 19.8 Å². The van der Waals surface area contributed by atoms with Gasteiger partial charge in [-0.3, -0.25) is 4.79 Å². The first-order valence-electron chi connectivity index (χ1n) is 12.3. The molecule has 0 saturated carbocycles. The molecule has 31 heavy (non-hydrogen) atoms. The first-order valence-corrected chi connectivity index (χ1v) is 12.3. The summed E-state index contributed by atoms with van der Waals surface area (Å²) in [4.78, 5) is 11.0. The third-order valence-electron chi connectivity index (χ3n) is 5.50. The Balaban J connectivity index is 2.23. The Morgan fingerprint density at radius 3 is 2.26 bits per heavy atom. The van der Waals surface area contributed by atoms with Crippen LogP contribution in [-0.4, -0.2) is 30.9 Å². The molecule has 0 aliphatic heterocycles. The number of ether oxygens (including phenoxy) is 2. The topological polar surface area (TPSA) is 55.8 Å². The molecule has 0 saturated heterocycles. The Hall–Kier alpha value is -1.81. The van der Waals surface area contributed by atoms with Gasteiger partial charge in [-0.15, -0.1) is 0 Å². The molecule has 4 nitrogen and oxygen atoms in total. The second-order valence-electron chi connectivity index (χ2n) is 8.40. The van der Waals surface area contributed by atoms with Crippen molar-refractivity contribution in [1.82, 2.24) is 0 Å². The van der Waals surface area contributed by atoms with Crippen molar-refractivity contribution < 1.29 is 19.4 Å². The number of allylic oxidation sites excluding steroid dienone is 1. The van der Waals surface area contributed by atoms with E-state index in [1.807, 2.05) is 43.3 Å². The van der Waals surface area contributed by atoms with Crippen molar-refractivity contribution in [2.24, 2.45) is 5.92 Å². The average Bonchev–Trinajstić information content (AvgIpc) is 2.76. The fourth-order valence-electron chi connectivity index (χ4n) is 3.62. The van der Waals surface area contributed by atoms with Crippen molar-refractivity contribution >= 4 is 12.0 Å². The summed E-state index contributed by atoms with van der Waals surface area (Å²) >= 11 is 0. The molecule has 0 amide bonds. The highest BCUT2D eigenvalue weighted by atomic mass is 16.5. The van der Waals surface area contributed by atoms with E-state index in [0.29, 0.717) is 19.6 Å². The fraction of sp³-hybridized carbons (Fsp3) is 0.667. The molecule has 1 atom stereocenters. The number of hydrogen-bond donors (Lipinski definition) is 1. The highest BCUT2D eigenvalue weighted by molar-refractivity contribution is 5.66. The van der Waals surface area contributed by atoms with Gasteiger partial charge in [0.25, 0.3) is 0 Å². The maximum Gasteiger partial charge on any atom is 0.303 e. The number of rotatable bonds is 20. The lowest BCUT2D eigenvalue weighted by molar-refractivity contribution is -0.137. The summed E-state index contributed by atoms with van der Waals surface area (Å²) in [6.07, 6.45) is 17.8. The summed E-state index contributed by atoms with van der Waals surface area (Å²) in [7, 11) is 0. The average molecular weight is 433 g/mol. The Morgan fingerprint density at radius 2 is 1.61 bits per heavy atom. The molecule has 176 valence electrons. The van der Waals surface area contributed by atoms with Crippen LogP contribution in [0.3, 0.4) is 0 Å². The van der Waals surface area contributed by atoms with Crippen LogP contribution in [0.2, 0.25) is 0 Å². The van der Waals surface area contributed by atoms with Crippen molar-refractivity contribution in [3.8, 4) is 5.75 Å². The maximum absolute atomic E-state index is 11.0. The molecule has 0 spiro atoms. The number of hydrogen-bond acceptors (Lipinski definition) is 3. The van der Waals surface area contributed by atoms with Gasteiger partial charge in [-0.1, -0.05) is 95.1 Å². The lowest BCUT2D eigenvalue weighted by Gasteiger charge is -2.18. The van der Waals surface area contributed by atoms with Gasteiger partial charge in [0.1, 0.15) is 5.75 Å². The lowest BCUT2D eigenvalue weighted by Crippen LogP contribution is -2.20. The summed E-state index contributed by atoms with van der Waals surface area (Å²) in [5.74, 6) is 0.141. The standard InChI is InChI=1S/C27H44O4/c1-3-5-6-7-8-9-10-11-12-15-21-30-22-24(19-20-27(28)29)23-31-26-18-14-13-17-25(26)16-4-2/h4,13-14,16-18,24H,3,5-12,15,19-23H2,1-2H3,(H,28,29). The molecule has 0 aliphatic rings.